The lowest BCUT2D eigenvalue weighted by molar-refractivity contribution is -0.126. The number of carbonyl (C=O) groups is 1. The molecule has 4 nitrogen and oxygen atoms in total. The molecule has 2 aromatic rings. The molecule has 28 heavy (non-hydrogen) atoms. The van der Waals surface area contributed by atoms with E-state index < -0.39 is 0 Å². The van der Waals surface area contributed by atoms with Crippen LogP contribution in [-0.2, 0) is 17.9 Å². The van der Waals surface area contributed by atoms with Crippen LogP contribution in [0.15, 0.2) is 41.1 Å². The van der Waals surface area contributed by atoms with Crippen molar-refractivity contribution in [3.63, 3.8) is 0 Å². The number of hydrogen-bond donors (Lipinski definition) is 1. The van der Waals surface area contributed by atoms with Crippen molar-refractivity contribution in [3.05, 3.63) is 52.2 Å². The number of ether oxygens (including phenoxy) is 1. The zero-order valence-corrected chi connectivity index (χ0v) is 17.8. The fourth-order valence-corrected chi connectivity index (χ4v) is 4.47. The lowest BCUT2D eigenvalue weighted by Crippen LogP contribution is -2.38. The topological polar surface area (TPSA) is 41.6 Å². The maximum absolute atomic E-state index is 12.3. The maximum atomic E-state index is 12.3. The summed E-state index contributed by atoms with van der Waals surface area (Å²) in [5.74, 6) is 1.25. The largest absolute Gasteiger partial charge is 0.489 e. The lowest BCUT2D eigenvalue weighted by Gasteiger charge is -2.22. The number of thiophene rings is 1. The second-order valence-corrected chi connectivity index (χ2v) is 8.74. The van der Waals surface area contributed by atoms with Crippen LogP contribution in [0.4, 0.5) is 0 Å². The maximum Gasteiger partial charge on any atom is 0.223 e. The molecule has 1 aromatic heterocycles. The number of nitrogens with zero attached hydrogens (tertiary/aromatic N) is 1. The minimum absolute atomic E-state index is 0.0497. The summed E-state index contributed by atoms with van der Waals surface area (Å²) >= 11 is 1.74. The molecule has 1 heterocycles. The van der Waals surface area contributed by atoms with Gasteiger partial charge in [0.05, 0.1) is 6.54 Å². The molecule has 1 aromatic carbocycles. The fourth-order valence-electron chi connectivity index (χ4n) is 3.81. The average Bonchev–Trinajstić information content (AvgIpc) is 3.20. The number of amides is 1. The van der Waals surface area contributed by atoms with E-state index in [0.29, 0.717) is 6.54 Å². The molecule has 1 unspecified atom stereocenters. The third kappa shape index (κ3) is 6.64. The van der Waals surface area contributed by atoms with E-state index in [1.165, 1.54) is 30.4 Å². The molecule has 0 saturated heterocycles. The lowest BCUT2D eigenvalue weighted by atomic mass is 9.89. The van der Waals surface area contributed by atoms with Crippen molar-refractivity contribution in [2.75, 3.05) is 13.6 Å². The van der Waals surface area contributed by atoms with Crippen molar-refractivity contribution >= 4 is 17.2 Å². The van der Waals surface area contributed by atoms with Gasteiger partial charge in [0.2, 0.25) is 5.91 Å². The summed E-state index contributed by atoms with van der Waals surface area (Å²) in [6, 6.07) is 10.4. The molecule has 3 rings (SSSR count). The van der Waals surface area contributed by atoms with E-state index in [1.807, 2.05) is 19.1 Å². The van der Waals surface area contributed by atoms with Crippen LogP contribution in [-0.4, -0.2) is 30.5 Å². The Hall–Kier alpha value is -1.85. The van der Waals surface area contributed by atoms with Gasteiger partial charge in [0.25, 0.3) is 0 Å². The van der Waals surface area contributed by atoms with E-state index in [9.17, 15) is 4.79 Å². The second kappa shape index (κ2) is 10.6. The van der Waals surface area contributed by atoms with Crippen LogP contribution >= 0.6 is 11.3 Å². The van der Waals surface area contributed by atoms with Crippen LogP contribution < -0.4 is 10.1 Å². The molecular weight excluding hydrogens is 368 g/mol. The summed E-state index contributed by atoms with van der Waals surface area (Å²) in [6.07, 6.45) is 5.63. The first-order chi connectivity index (χ1) is 13.6. The van der Waals surface area contributed by atoms with Gasteiger partial charge in [-0.05, 0) is 66.9 Å². The minimum Gasteiger partial charge on any atom is -0.489 e. The standard InChI is InChI=1S/C23H32N2O2S/c1-18(14-24-23(26)21-8-4-3-5-9-21)27-22-10-6-7-19(13-22)15-25(2)16-20-11-12-28-17-20/h6-7,10-13,17-18,21H,3-5,8-9,14-16H2,1-2H3,(H,24,26). The highest BCUT2D eigenvalue weighted by Gasteiger charge is 2.21. The zero-order valence-electron chi connectivity index (χ0n) is 17.0. The third-order valence-electron chi connectivity index (χ3n) is 5.26. The van der Waals surface area contributed by atoms with Crippen molar-refractivity contribution in [2.24, 2.45) is 5.92 Å². The first-order valence-corrected chi connectivity index (χ1v) is 11.3. The normalized spacial score (nSPS) is 16.1. The van der Waals surface area contributed by atoms with Crippen molar-refractivity contribution in [3.8, 4) is 5.75 Å². The van der Waals surface area contributed by atoms with E-state index in [-0.39, 0.29) is 17.9 Å². The predicted octanol–water partition coefficient (Wildman–Crippen LogP) is 4.84. The molecule has 1 fully saturated rings. The molecule has 0 radical (unpaired) electrons. The first-order valence-electron chi connectivity index (χ1n) is 10.3. The van der Waals surface area contributed by atoms with Gasteiger partial charge < -0.3 is 10.1 Å². The van der Waals surface area contributed by atoms with Gasteiger partial charge in [0.1, 0.15) is 11.9 Å². The third-order valence-corrected chi connectivity index (χ3v) is 5.99. The van der Waals surface area contributed by atoms with Crippen LogP contribution in [0.1, 0.15) is 50.2 Å². The highest BCUT2D eigenvalue weighted by atomic mass is 32.1. The Kier molecular flexibility index (Phi) is 7.92. The number of benzene rings is 1. The SMILES string of the molecule is CC(CNC(=O)C1CCCCC1)Oc1cccc(CN(C)Cc2ccsc2)c1. The van der Waals surface area contributed by atoms with Crippen LogP contribution in [0, 0.1) is 5.92 Å². The van der Waals surface area contributed by atoms with Gasteiger partial charge in [-0.2, -0.15) is 11.3 Å². The molecule has 5 heteroatoms. The molecule has 1 aliphatic carbocycles. The van der Waals surface area contributed by atoms with Crippen LogP contribution in [0.25, 0.3) is 0 Å². The van der Waals surface area contributed by atoms with Crippen LogP contribution in [0.2, 0.25) is 0 Å². The minimum atomic E-state index is -0.0497. The van der Waals surface area contributed by atoms with Crippen molar-refractivity contribution in [1.29, 1.82) is 0 Å². The highest BCUT2D eigenvalue weighted by molar-refractivity contribution is 7.07. The van der Waals surface area contributed by atoms with Gasteiger partial charge in [0.15, 0.2) is 0 Å². The quantitative estimate of drug-likeness (QED) is 0.655. The number of rotatable bonds is 9. The van der Waals surface area contributed by atoms with E-state index >= 15 is 0 Å². The van der Waals surface area contributed by atoms with Gasteiger partial charge in [-0.1, -0.05) is 31.4 Å². The Bertz CT molecular complexity index is 726. The Balaban J connectivity index is 1.44. The number of hydrogen-bond acceptors (Lipinski definition) is 4. The monoisotopic (exact) mass is 400 g/mol. The van der Waals surface area contributed by atoms with E-state index in [1.54, 1.807) is 11.3 Å². The number of nitrogens with one attached hydrogen (secondary N) is 1. The summed E-state index contributed by atoms with van der Waals surface area (Å²) in [5, 5.41) is 7.38. The molecule has 1 N–H and O–H groups in total. The Morgan fingerprint density at radius 1 is 1.21 bits per heavy atom. The average molecular weight is 401 g/mol. The predicted molar refractivity (Wildman–Crippen MR) is 116 cm³/mol. The summed E-state index contributed by atoms with van der Waals surface area (Å²) in [4.78, 5) is 14.6. The molecule has 1 atom stereocenters. The van der Waals surface area contributed by atoms with Gasteiger partial charge in [-0.15, -0.1) is 0 Å². The summed E-state index contributed by atoms with van der Waals surface area (Å²) in [7, 11) is 2.13. The molecule has 1 amide bonds. The molecule has 152 valence electrons. The smallest absolute Gasteiger partial charge is 0.223 e. The van der Waals surface area contributed by atoms with Crippen LogP contribution in [0.3, 0.4) is 0 Å². The van der Waals surface area contributed by atoms with Crippen LogP contribution in [0.5, 0.6) is 5.75 Å². The van der Waals surface area contributed by atoms with Gasteiger partial charge in [0, 0.05) is 19.0 Å². The molecule has 0 aliphatic heterocycles. The van der Waals surface area contributed by atoms with E-state index in [2.05, 4.69) is 46.2 Å². The molecule has 1 saturated carbocycles. The Morgan fingerprint density at radius 2 is 2.00 bits per heavy atom. The zero-order chi connectivity index (χ0) is 19.8. The van der Waals surface area contributed by atoms with Gasteiger partial charge in [-0.3, -0.25) is 9.69 Å². The van der Waals surface area contributed by atoms with Crippen molar-refractivity contribution in [1.82, 2.24) is 10.2 Å². The Labute approximate surface area is 172 Å². The summed E-state index contributed by atoms with van der Waals surface area (Å²) in [6.45, 7) is 4.38. The summed E-state index contributed by atoms with van der Waals surface area (Å²) in [5.41, 5.74) is 2.58. The van der Waals surface area contributed by atoms with Gasteiger partial charge in [-0.25, -0.2) is 0 Å². The first kappa shape index (κ1) is 20.9. The molecule has 0 bridgehead atoms. The van der Waals surface area contributed by atoms with Gasteiger partial charge >= 0.3 is 0 Å². The van der Waals surface area contributed by atoms with Crippen molar-refractivity contribution < 1.29 is 9.53 Å². The van der Waals surface area contributed by atoms with Crippen molar-refractivity contribution in [2.45, 2.75) is 58.2 Å². The molecule has 0 spiro atoms. The number of carbonyl (C=O) groups excluding carboxylic acids is 1. The summed E-state index contributed by atoms with van der Waals surface area (Å²) < 4.78 is 6.05. The second-order valence-electron chi connectivity index (χ2n) is 7.96. The molecule has 1 aliphatic rings. The highest BCUT2D eigenvalue weighted by Crippen LogP contribution is 2.23. The fraction of sp³-hybridized carbons (Fsp3) is 0.522. The molecular formula is C23H32N2O2S. The van der Waals surface area contributed by atoms with E-state index in [4.69, 9.17) is 4.74 Å². The Morgan fingerprint density at radius 3 is 2.75 bits per heavy atom. The van der Waals surface area contributed by atoms with E-state index in [0.717, 1.165) is 31.7 Å².